The molecule has 2 rings (SSSR count). The number of ketones is 1. The normalized spacial score (nSPS) is 10.4. The molecule has 0 saturated heterocycles. The van der Waals surface area contributed by atoms with Crippen LogP contribution in [0.5, 0.6) is 5.75 Å². The van der Waals surface area contributed by atoms with E-state index >= 15 is 0 Å². The Kier molecular flexibility index (Phi) is 4.94. The molecular weight excluding hydrogens is 248 g/mol. The number of fused-ring (bicyclic) bond motifs is 1. The summed E-state index contributed by atoms with van der Waals surface area (Å²) in [7, 11) is 1.66. The zero-order chi connectivity index (χ0) is 14.4. The molecule has 0 amide bonds. The molecule has 0 heterocycles. The standard InChI is InChI=1S/C18H20O2/c1-3-4-5-9-16(19)12-15-8-6-7-14-10-11-17(20-2)13-18(14)15/h3,6-8,10-11,13H,1,4-5,9,12H2,2H3. The quantitative estimate of drug-likeness (QED) is 0.552. The first-order valence-electron chi connectivity index (χ1n) is 6.93. The molecule has 0 fully saturated rings. The number of ether oxygens (including phenoxy) is 1. The van der Waals surface area contributed by atoms with E-state index in [4.69, 9.17) is 4.74 Å². The second-order valence-electron chi connectivity index (χ2n) is 4.90. The van der Waals surface area contributed by atoms with E-state index in [1.165, 1.54) is 0 Å². The fourth-order valence-electron chi connectivity index (χ4n) is 2.34. The lowest BCUT2D eigenvalue weighted by atomic mass is 9.98. The SMILES string of the molecule is C=CCCCC(=O)Cc1cccc2ccc(OC)cc12. The maximum atomic E-state index is 12.0. The lowest BCUT2D eigenvalue weighted by Crippen LogP contribution is -2.03. The van der Waals surface area contributed by atoms with Gasteiger partial charge in [0, 0.05) is 12.8 Å². The Morgan fingerprint density at radius 2 is 2.15 bits per heavy atom. The highest BCUT2D eigenvalue weighted by Gasteiger charge is 2.07. The summed E-state index contributed by atoms with van der Waals surface area (Å²) in [5.41, 5.74) is 1.07. The number of carbonyl (C=O) groups excluding carboxylic acids is 1. The molecule has 0 bridgehead atoms. The van der Waals surface area contributed by atoms with Gasteiger partial charge < -0.3 is 4.74 Å². The van der Waals surface area contributed by atoms with Gasteiger partial charge in [-0.1, -0.05) is 30.3 Å². The van der Waals surface area contributed by atoms with Gasteiger partial charge in [-0.05, 0) is 41.3 Å². The van der Waals surface area contributed by atoms with Crippen molar-refractivity contribution in [1.82, 2.24) is 0 Å². The number of methoxy groups -OCH3 is 1. The van der Waals surface area contributed by atoms with Gasteiger partial charge in [0.2, 0.25) is 0 Å². The topological polar surface area (TPSA) is 26.3 Å². The molecule has 0 radical (unpaired) electrons. The largest absolute Gasteiger partial charge is 0.497 e. The molecule has 2 nitrogen and oxygen atoms in total. The number of unbranched alkanes of at least 4 members (excludes halogenated alkanes) is 1. The summed E-state index contributed by atoms with van der Waals surface area (Å²) < 4.78 is 5.27. The molecule has 0 aliphatic heterocycles. The Morgan fingerprint density at radius 3 is 2.90 bits per heavy atom. The summed E-state index contributed by atoms with van der Waals surface area (Å²) >= 11 is 0. The van der Waals surface area contributed by atoms with Gasteiger partial charge in [-0.2, -0.15) is 0 Å². The van der Waals surface area contributed by atoms with Crippen molar-refractivity contribution < 1.29 is 9.53 Å². The van der Waals surface area contributed by atoms with Gasteiger partial charge in [0.05, 0.1) is 7.11 Å². The summed E-state index contributed by atoms with van der Waals surface area (Å²) in [6, 6.07) is 12.0. The van der Waals surface area contributed by atoms with E-state index in [9.17, 15) is 4.79 Å². The third-order valence-electron chi connectivity index (χ3n) is 3.43. The summed E-state index contributed by atoms with van der Waals surface area (Å²) in [5, 5.41) is 2.24. The molecule has 0 spiro atoms. The van der Waals surface area contributed by atoms with Crippen molar-refractivity contribution in [2.45, 2.75) is 25.7 Å². The minimum absolute atomic E-state index is 0.280. The van der Waals surface area contributed by atoms with Crippen LogP contribution in [0.15, 0.2) is 49.1 Å². The lowest BCUT2D eigenvalue weighted by molar-refractivity contribution is -0.118. The zero-order valence-electron chi connectivity index (χ0n) is 11.9. The Morgan fingerprint density at radius 1 is 1.30 bits per heavy atom. The molecule has 0 aromatic heterocycles. The van der Waals surface area contributed by atoms with E-state index in [-0.39, 0.29) is 5.78 Å². The van der Waals surface area contributed by atoms with E-state index in [1.54, 1.807) is 7.11 Å². The van der Waals surface area contributed by atoms with E-state index in [0.29, 0.717) is 12.8 Å². The fraction of sp³-hybridized carbons (Fsp3) is 0.278. The van der Waals surface area contributed by atoms with Gasteiger partial charge in [0.15, 0.2) is 0 Å². The molecule has 0 unspecified atom stereocenters. The number of carbonyl (C=O) groups is 1. The second-order valence-corrected chi connectivity index (χ2v) is 4.90. The summed E-state index contributed by atoms with van der Waals surface area (Å²) in [4.78, 5) is 12.0. The van der Waals surface area contributed by atoms with Crippen molar-refractivity contribution in [3.63, 3.8) is 0 Å². The Balaban J connectivity index is 2.20. The first-order chi connectivity index (χ1) is 9.74. The van der Waals surface area contributed by atoms with Crippen LogP contribution >= 0.6 is 0 Å². The summed E-state index contributed by atoms with van der Waals surface area (Å²) in [6.07, 6.45) is 4.75. The molecule has 0 aliphatic rings. The molecule has 0 N–H and O–H groups in total. The molecule has 2 aromatic carbocycles. The van der Waals surface area contributed by atoms with Gasteiger partial charge in [-0.25, -0.2) is 0 Å². The van der Waals surface area contributed by atoms with E-state index in [0.717, 1.165) is 34.9 Å². The molecule has 2 heteroatoms. The third-order valence-corrected chi connectivity index (χ3v) is 3.43. The van der Waals surface area contributed by atoms with Crippen LogP contribution in [0.1, 0.15) is 24.8 Å². The van der Waals surface area contributed by atoms with Crippen LogP contribution < -0.4 is 4.74 Å². The second kappa shape index (κ2) is 6.90. The number of hydrogen-bond acceptors (Lipinski definition) is 2. The van der Waals surface area contributed by atoms with Gasteiger partial charge in [0.25, 0.3) is 0 Å². The highest BCUT2D eigenvalue weighted by Crippen LogP contribution is 2.24. The third kappa shape index (κ3) is 3.47. The van der Waals surface area contributed by atoms with Crippen LogP contribution in [-0.4, -0.2) is 12.9 Å². The van der Waals surface area contributed by atoms with Crippen LogP contribution in [0.4, 0.5) is 0 Å². The van der Waals surface area contributed by atoms with E-state index in [2.05, 4.69) is 12.6 Å². The Labute approximate surface area is 120 Å². The average Bonchev–Trinajstić information content (AvgIpc) is 2.47. The van der Waals surface area contributed by atoms with E-state index < -0.39 is 0 Å². The zero-order valence-corrected chi connectivity index (χ0v) is 11.9. The molecule has 0 aliphatic carbocycles. The molecule has 104 valence electrons. The molecule has 2 aromatic rings. The Hall–Kier alpha value is -2.09. The highest BCUT2D eigenvalue weighted by atomic mass is 16.5. The molecule has 0 saturated carbocycles. The molecule has 20 heavy (non-hydrogen) atoms. The molecular formula is C18H20O2. The van der Waals surface area contributed by atoms with Gasteiger partial charge >= 0.3 is 0 Å². The van der Waals surface area contributed by atoms with Crippen molar-refractivity contribution in [2.24, 2.45) is 0 Å². The van der Waals surface area contributed by atoms with Crippen molar-refractivity contribution in [3.05, 3.63) is 54.6 Å². The lowest BCUT2D eigenvalue weighted by Gasteiger charge is -2.08. The maximum absolute atomic E-state index is 12.0. The van der Waals surface area contributed by atoms with E-state index in [1.807, 2.05) is 36.4 Å². The number of hydrogen-bond donors (Lipinski definition) is 0. The summed E-state index contributed by atoms with van der Waals surface area (Å²) in [6.45, 7) is 3.68. The number of rotatable bonds is 7. The van der Waals surface area contributed by atoms with Gasteiger partial charge in [-0.3, -0.25) is 4.79 Å². The smallest absolute Gasteiger partial charge is 0.137 e. The van der Waals surface area contributed by atoms with Crippen LogP contribution in [0, 0.1) is 0 Å². The minimum atomic E-state index is 0.280. The fourth-order valence-corrected chi connectivity index (χ4v) is 2.34. The van der Waals surface area contributed by atoms with Crippen LogP contribution in [0.3, 0.4) is 0 Å². The van der Waals surface area contributed by atoms with Gasteiger partial charge in [-0.15, -0.1) is 6.58 Å². The van der Waals surface area contributed by atoms with Crippen molar-refractivity contribution in [3.8, 4) is 5.75 Å². The highest BCUT2D eigenvalue weighted by molar-refractivity contribution is 5.91. The Bertz CT molecular complexity index is 614. The van der Waals surface area contributed by atoms with Gasteiger partial charge in [0.1, 0.15) is 11.5 Å². The summed E-state index contributed by atoms with van der Waals surface area (Å²) in [5.74, 6) is 1.10. The monoisotopic (exact) mass is 268 g/mol. The first kappa shape index (κ1) is 14.3. The predicted octanol–water partition coefficient (Wildman–Crippen LogP) is 4.32. The van der Waals surface area contributed by atoms with Crippen molar-refractivity contribution >= 4 is 16.6 Å². The minimum Gasteiger partial charge on any atom is -0.497 e. The first-order valence-corrected chi connectivity index (χ1v) is 6.93. The molecule has 0 atom stereocenters. The predicted molar refractivity (Wildman–Crippen MR) is 83.3 cm³/mol. The number of benzene rings is 2. The average molecular weight is 268 g/mol. The van der Waals surface area contributed by atoms with Crippen LogP contribution in [0.25, 0.3) is 10.8 Å². The maximum Gasteiger partial charge on any atom is 0.137 e. The van der Waals surface area contributed by atoms with Crippen molar-refractivity contribution in [2.75, 3.05) is 7.11 Å². The van der Waals surface area contributed by atoms with Crippen LogP contribution in [-0.2, 0) is 11.2 Å². The van der Waals surface area contributed by atoms with Crippen molar-refractivity contribution in [1.29, 1.82) is 0 Å². The number of Topliss-reactive ketones (excluding diaryl/α,β-unsaturated/α-hetero) is 1. The van der Waals surface area contributed by atoms with Crippen LogP contribution in [0.2, 0.25) is 0 Å². The number of allylic oxidation sites excluding steroid dienone is 1.